The van der Waals surface area contributed by atoms with Gasteiger partial charge in [-0.25, -0.2) is 0 Å². The first-order valence-electron chi connectivity index (χ1n) is 5.80. The van der Waals surface area contributed by atoms with Crippen molar-refractivity contribution in [2.24, 2.45) is 0 Å². The van der Waals surface area contributed by atoms with E-state index in [2.05, 4.69) is 5.32 Å². The zero-order chi connectivity index (χ0) is 12.4. The smallest absolute Gasteiger partial charge is 0.325 e. The van der Waals surface area contributed by atoms with Crippen molar-refractivity contribution in [2.75, 3.05) is 0 Å². The summed E-state index contributed by atoms with van der Waals surface area (Å²) in [6.45, 7) is 1.46. The molecule has 0 unspecified atom stereocenters. The molecule has 1 aliphatic carbocycles. The van der Waals surface area contributed by atoms with Crippen molar-refractivity contribution in [3.63, 3.8) is 0 Å². The van der Waals surface area contributed by atoms with E-state index in [1.807, 2.05) is 16.8 Å². The van der Waals surface area contributed by atoms with Gasteiger partial charge in [0.15, 0.2) is 0 Å². The summed E-state index contributed by atoms with van der Waals surface area (Å²) in [6.07, 6.45) is 5.24. The molecule has 5 nitrogen and oxygen atoms in total. The van der Waals surface area contributed by atoms with Gasteiger partial charge in [0.2, 0.25) is 0 Å². The molecule has 2 N–H and O–H groups in total. The van der Waals surface area contributed by atoms with Gasteiger partial charge in [-0.3, -0.25) is 9.59 Å². The number of carbonyl (C=O) groups is 2. The van der Waals surface area contributed by atoms with Crippen LogP contribution in [0.4, 0.5) is 0 Å². The summed E-state index contributed by atoms with van der Waals surface area (Å²) in [6, 6.07) is 3.07. The summed E-state index contributed by atoms with van der Waals surface area (Å²) in [5.41, 5.74) is 0.544. The second-order valence-electron chi connectivity index (χ2n) is 4.42. The molecule has 5 heteroatoms. The van der Waals surface area contributed by atoms with E-state index >= 15 is 0 Å². The maximum Gasteiger partial charge on any atom is 0.325 e. The number of nitrogens with one attached hydrogen (secondary N) is 1. The summed E-state index contributed by atoms with van der Waals surface area (Å²) >= 11 is 0. The Morgan fingerprint density at radius 3 is 2.76 bits per heavy atom. The highest BCUT2D eigenvalue weighted by molar-refractivity contribution is 5.95. The molecular weight excluding hydrogens is 220 g/mol. The monoisotopic (exact) mass is 236 g/mol. The summed E-state index contributed by atoms with van der Waals surface area (Å²) in [5, 5.41) is 11.2. The van der Waals surface area contributed by atoms with Crippen LogP contribution >= 0.6 is 0 Å². The predicted molar refractivity (Wildman–Crippen MR) is 61.9 cm³/mol. The molecule has 2 rings (SSSR count). The maximum atomic E-state index is 11.9. The standard InChI is InChI=1S/C12H16N2O3/c1-8(12(16)17)13-11(15)10-6-3-7-14(10)9-4-2-5-9/h3,6-9H,2,4-5H2,1H3,(H,13,15)(H,16,17)/t8-/m1/s1. The van der Waals surface area contributed by atoms with E-state index < -0.39 is 12.0 Å². The lowest BCUT2D eigenvalue weighted by Gasteiger charge is -2.28. The van der Waals surface area contributed by atoms with Crippen LogP contribution in [0.2, 0.25) is 0 Å². The Labute approximate surface area is 99.4 Å². The number of hydrogen-bond acceptors (Lipinski definition) is 2. The van der Waals surface area contributed by atoms with Crippen LogP contribution < -0.4 is 5.32 Å². The van der Waals surface area contributed by atoms with Crippen LogP contribution in [0.3, 0.4) is 0 Å². The molecule has 0 saturated heterocycles. The lowest BCUT2D eigenvalue weighted by Crippen LogP contribution is -2.39. The Kier molecular flexibility index (Phi) is 3.17. The van der Waals surface area contributed by atoms with Crippen LogP contribution in [-0.4, -0.2) is 27.6 Å². The second kappa shape index (κ2) is 4.61. The summed E-state index contributed by atoms with van der Waals surface area (Å²) in [5.74, 6) is -1.35. The van der Waals surface area contributed by atoms with Gasteiger partial charge < -0.3 is 15.0 Å². The van der Waals surface area contributed by atoms with Crippen molar-refractivity contribution in [1.82, 2.24) is 9.88 Å². The molecule has 0 spiro atoms. The van der Waals surface area contributed by atoms with Crippen molar-refractivity contribution in [3.05, 3.63) is 24.0 Å². The number of carboxylic acid groups (broad SMARTS) is 1. The third-order valence-corrected chi connectivity index (χ3v) is 3.20. The van der Waals surface area contributed by atoms with Crippen LogP contribution in [0, 0.1) is 0 Å². The topological polar surface area (TPSA) is 71.3 Å². The van der Waals surface area contributed by atoms with Crippen molar-refractivity contribution in [3.8, 4) is 0 Å². The van der Waals surface area contributed by atoms with E-state index in [1.165, 1.54) is 13.3 Å². The number of rotatable bonds is 4. The largest absolute Gasteiger partial charge is 0.480 e. The van der Waals surface area contributed by atoms with Gasteiger partial charge in [-0.05, 0) is 38.3 Å². The molecule has 1 atom stereocenters. The third kappa shape index (κ3) is 2.33. The Hall–Kier alpha value is -1.78. The molecule has 0 aromatic carbocycles. The van der Waals surface area contributed by atoms with E-state index in [1.54, 1.807) is 6.07 Å². The van der Waals surface area contributed by atoms with Gasteiger partial charge in [-0.1, -0.05) is 0 Å². The zero-order valence-electron chi connectivity index (χ0n) is 9.72. The maximum absolute atomic E-state index is 11.9. The Balaban J connectivity index is 2.08. The van der Waals surface area contributed by atoms with Crippen LogP contribution in [0.1, 0.15) is 42.7 Å². The highest BCUT2D eigenvalue weighted by Gasteiger charge is 2.24. The molecule has 1 aromatic heterocycles. The fraction of sp³-hybridized carbons (Fsp3) is 0.500. The Morgan fingerprint density at radius 2 is 2.24 bits per heavy atom. The molecular formula is C12H16N2O3. The summed E-state index contributed by atoms with van der Waals surface area (Å²) < 4.78 is 1.94. The third-order valence-electron chi connectivity index (χ3n) is 3.20. The van der Waals surface area contributed by atoms with Crippen molar-refractivity contribution >= 4 is 11.9 Å². The normalized spacial score (nSPS) is 17.2. The molecule has 1 heterocycles. The van der Waals surface area contributed by atoms with E-state index in [9.17, 15) is 9.59 Å². The van der Waals surface area contributed by atoms with E-state index in [0.29, 0.717) is 11.7 Å². The average Bonchev–Trinajstić information content (AvgIpc) is 2.63. The van der Waals surface area contributed by atoms with E-state index in [-0.39, 0.29) is 5.91 Å². The Bertz CT molecular complexity index is 435. The summed E-state index contributed by atoms with van der Waals surface area (Å²) in [7, 11) is 0. The molecule has 1 amide bonds. The Morgan fingerprint density at radius 1 is 1.53 bits per heavy atom. The molecule has 0 aliphatic heterocycles. The highest BCUT2D eigenvalue weighted by Crippen LogP contribution is 2.32. The van der Waals surface area contributed by atoms with Crippen molar-refractivity contribution < 1.29 is 14.7 Å². The first-order valence-corrected chi connectivity index (χ1v) is 5.80. The van der Waals surface area contributed by atoms with Gasteiger partial charge >= 0.3 is 5.97 Å². The van der Waals surface area contributed by atoms with Gasteiger partial charge in [-0.15, -0.1) is 0 Å². The lowest BCUT2D eigenvalue weighted by atomic mass is 9.93. The minimum absolute atomic E-state index is 0.322. The number of carbonyl (C=O) groups excluding carboxylic acids is 1. The van der Waals surface area contributed by atoms with Crippen LogP contribution in [0.15, 0.2) is 18.3 Å². The quantitative estimate of drug-likeness (QED) is 0.830. The second-order valence-corrected chi connectivity index (χ2v) is 4.42. The van der Waals surface area contributed by atoms with Crippen LogP contribution in [0.25, 0.3) is 0 Å². The number of amides is 1. The van der Waals surface area contributed by atoms with Gasteiger partial charge in [0.25, 0.3) is 5.91 Å². The van der Waals surface area contributed by atoms with Gasteiger partial charge in [0.05, 0.1) is 0 Å². The minimum atomic E-state index is -1.03. The van der Waals surface area contributed by atoms with Gasteiger partial charge in [0, 0.05) is 12.2 Å². The van der Waals surface area contributed by atoms with Crippen molar-refractivity contribution in [1.29, 1.82) is 0 Å². The van der Waals surface area contributed by atoms with E-state index in [0.717, 1.165) is 12.8 Å². The van der Waals surface area contributed by atoms with Crippen molar-refractivity contribution in [2.45, 2.75) is 38.3 Å². The number of hydrogen-bond donors (Lipinski definition) is 2. The van der Waals surface area contributed by atoms with Gasteiger partial charge in [0.1, 0.15) is 11.7 Å². The molecule has 17 heavy (non-hydrogen) atoms. The first-order chi connectivity index (χ1) is 8.09. The van der Waals surface area contributed by atoms with Crippen LogP contribution in [-0.2, 0) is 4.79 Å². The fourth-order valence-corrected chi connectivity index (χ4v) is 1.90. The summed E-state index contributed by atoms with van der Waals surface area (Å²) in [4.78, 5) is 22.6. The molecule has 1 fully saturated rings. The van der Waals surface area contributed by atoms with E-state index in [4.69, 9.17) is 5.11 Å². The van der Waals surface area contributed by atoms with Gasteiger partial charge in [-0.2, -0.15) is 0 Å². The number of carboxylic acids is 1. The molecule has 92 valence electrons. The highest BCUT2D eigenvalue weighted by atomic mass is 16.4. The molecule has 0 radical (unpaired) electrons. The average molecular weight is 236 g/mol. The molecule has 1 aromatic rings. The SMILES string of the molecule is C[C@@H](NC(=O)c1cccn1C1CCC1)C(=O)O. The number of aromatic nitrogens is 1. The number of aliphatic carboxylic acids is 1. The van der Waals surface area contributed by atoms with Crippen LogP contribution in [0.5, 0.6) is 0 Å². The fourth-order valence-electron chi connectivity index (χ4n) is 1.90. The minimum Gasteiger partial charge on any atom is -0.480 e. The number of nitrogens with zero attached hydrogens (tertiary/aromatic N) is 1. The first kappa shape index (κ1) is 11.7. The molecule has 1 saturated carbocycles. The zero-order valence-corrected chi connectivity index (χ0v) is 9.72. The molecule has 0 bridgehead atoms. The lowest BCUT2D eigenvalue weighted by molar-refractivity contribution is -0.138. The predicted octanol–water partition coefficient (Wildman–Crippen LogP) is 1.42. The molecule has 1 aliphatic rings.